The molecule has 4 heteroatoms. The van der Waals surface area contributed by atoms with Gasteiger partial charge in [0.2, 0.25) is 0 Å². The van der Waals surface area contributed by atoms with Crippen molar-refractivity contribution in [1.29, 1.82) is 0 Å². The SMILES string of the molecule is CC(C)c1cccc(C(C)C)c1-c1ccnc(-c2cccc(Oc3cc4c(ccc5cccnc54)c4c3oc3ccccc34)c2)c1. The van der Waals surface area contributed by atoms with Crippen LogP contribution in [0.4, 0.5) is 0 Å². The molecule has 0 aliphatic carbocycles. The van der Waals surface area contributed by atoms with Crippen molar-refractivity contribution in [3.63, 3.8) is 0 Å². The molecule has 3 aromatic heterocycles. The number of furan rings is 1. The first-order valence-electron chi connectivity index (χ1n) is 16.0. The van der Waals surface area contributed by atoms with Gasteiger partial charge in [-0.05, 0) is 81.9 Å². The average molecular weight is 599 g/mol. The number of aromatic nitrogens is 2. The van der Waals surface area contributed by atoms with E-state index < -0.39 is 0 Å². The number of pyridine rings is 2. The third-order valence-corrected chi connectivity index (χ3v) is 8.96. The van der Waals surface area contributed by atoms with Crippen molar-refractivity contribution in [3.05, 3.63) is 133 Å². The van der Waals surface area contributed by atoms with Gasteiger partial charge in [-0.3, -0.25) is 9.97 Å². The van der Waals surface area contributed by atoms with Gasteiger partial charge in [-0.1, -0.05) is 94.4 Å². The van der Waals surface area contributed by atoms with Crippen molar-refractivity contribution in [3.8, 4) is 33.9 Å². The van der Waals surface area contributed by atoms with Gasteiger partial charge in [0.05, 0.1) is 11.2 Å². The summed E-state index contributed by atoms with van der Waals surface area (Å²) in [6.07, 6.45) is 3.76. The van der Waals surface area contributed by atoms with Crippen LogP contribution in [0.3, 0.4) is 0 Å². The number of nitrogens with zero attached hydrogens (tertiary/aromatic N) is 2. The number of hydrogen-bond acceptors (Lipinski definition) is 4. The molecule has 0 fully saturated rings. The van der Waals surface area contributed by atoms with Crippen LogP contribution >= 0.6 is 0 Å². The zero-order chi connectivity index (χ0) is 31.4. The topological polar surface area (TPSA) is 48.2 Å². The number of rotatable bonds is 6. The average Bonchev–Trinajstić information content (AvgIpc) is 3.48. The molecule has 8 rings (SSSR count). The second-order valence-corrected chi connectivity index (χ2v) is 12.6. The van der Waals surface area contributed by atoms with Crippen molar-refractivity contribution in [1.82, 2.24) is 9.97 Å². The van der Waals surface area contributed by atoms with Gasteiger partial charge in [-0.15, -0.1) is 0 Å². The fraction of sp³-hybridized carbons (Fsp3) is 0.143. The summed E-state index contributed by atoms with van der Waals surface area (Å²) in [6.45, 7) is 9.04. The monoisotopic (exact) mass is 598 g/mol. The lowest BCUT2D eigenvalue weighted by molar-refractivity contribution is 0.477. The summed E-state index contributed by atoms with van der Waals surface area (Å²) in [5, 5.41) is 5.30. The highest BCUT2D eigenvalue weighted by atomic mass is 16.5. The van der Waals surface area contributed by atoms with Crippen molar-refractivity contribution < 1.29 is 9.15 Å². The summed E-state index contributed by atoms with van der Waals surface area (Å²) in [4.78, 5) is 9.56. The Morgan fingerprint density at radius 2 is 1.41 bits per heavy atom. The summed E-state index contributed by atoms with van der Waals surface area (Å²) < 4.78 is 13.2. The van der Waals surface area contributed by atoms with Crippen LogP contribution < -0.4 is 4.74 Å². The maximum atomic E-state index is 6.71. The van der Waals surface area contributed by atoms with E-state index in [4.69, 9.17) is 19.1 Å². The van der Waals surface area contributed by atoms with E-state index in [0.29, 0.717) is 23.3 Å². The Labute approximate surface area is 268 Å². The minimum absolute atomic E-state index is 0.409. The standard InChI is InChI=1S/C42H34N2O2/c1-25(2)31-14-8-15-32(26(3)4)39(31)29-19-21-43-36(23-29)28-10-7-12-30(22-28)45-38-24-35-33(18-17-27-11-9-20-44-41(27)35)40-34-13-5-6-16-37(34)46-42(38)40/h5-26H,1-4H3. The predicted molar refractivity (Wildman–Crippen MR) is 190 cm³/mol. The van der Waals surface area contributed by atoms with Gasteiger partial charge in [-0.25, -0.2) is 0 Å². The smallest absolute Gasteiger partial charge is 0.178 e. The molecule has 0 bridgehead atoms. The molecule has 224 valence electrons. The molecule has 4 nitrogen and oxygen atoms in total. The number of para-hydroxylation sites is 1. The molecule has 0 aliphatic heterocycles. The van der Waals surface area contributed by atoms with Crippen molar-refractivity contribution in [2.24, 2.45) is 0 Å². The Hall–Kier alpha value is -5.48. The van der Waals surface area contributed by atoms with Gasteiger partial charge in [-0.2, -0.15) is 0 Å². The Morgan fingerprint density at radius 1 is 0.609 bits per heavy atom. The summed E-state index contributed by atoms with van der Waals surface area (Å²) in [5.74, 6) is 2.19. The minimum atomic E-state index is 0.409. The number of benzene rings is 5. The van der Waals surface area contributed by atoms with Crippen LogP contribution in [0.2, 0.25) is 0 Å². The maximum absolute atomic E-state index is 6.71. The molecular formula is C42H34N2O2. The lowest BCUT2D eigenvalue weighted by Gasteiger charge is -2.20. The summed E-state index contributed by atoms with van der Waals surface area (Å²) in [5.41, 5.74) is 9.58. The second-order valence-electron chi connectivity index (χ2n) is 12.6. The van der Waals surface area contributed by atoms with Crippen LogP contribution in [0.15, 0.2) is 126 Å². The van der Waals surface area contributed by atoms with E-state index in [0.717, 1.165) is 54.9 Å². The predicted octanol–water partition coefficient (Wildman–Crippen LogP) is 12.1. The van der Waals surface area contributed by atoms with Gasteiger partial charge in [0.1, 0.15) is 11.3 Å². The third kappa shape index (κ3) is 4.69. The molecular weight excluding hydrogens is 564 g/mol. The van der Waals surface area contributed by atoms with Crippen molar-refractivity contribution in [2.75, 3.05) is 0 Å². The molecule has 5 aromatic carbocycles. The fourth-order valence-corrected chi connectivity index (χ4v) is 6.76. The highest BCUT2D eigenvalue weighted by Crippen LogP contribution is 2.44. The Bertz CT molecular complexity index is 2390. The molecule has 46 heavy (non-hydrogen) atoms. The highest BCUT2D eigenvalue weighted by Gasteiger charge is 2.19. The van der Waals surface area contributed by atoms with E-state index in [1.54, 1.807) is 0 Å². The molecule has 0 unspecified atom stereocenters. The number of ether oxygens (including phenoxy) is 1. The number of hydrogen-bond donors (Lipinski definition) is 0. The van der Waals surface area contributed by atoms with Crippen LogP contribution in [0.1, 0.15) is 50.7 Å². The van der Waals surface area contributed by atoms with E-state index >= 15 is 0 Å². The van der Waals surface area contributed by atoms with E-state index in [1.165, 1.54) is 22.3 Å². The molecule has 0 amide bonds. The van der Waals surface area contributed by atoms with E-state index in [2.05, 4.69) is 100 Å². The zero-order valence-corrected chi connectivity index (χ0v) is 26.4. The zero-order valence-electron chi connectivity index (χ0n) is 26.4. The first kappa shape index (κ1) is 28.0. The van der Waals surface area contributed by atoms with Crippen LogP contribution in [-0.2, 0) is 0 Å². The largest absolute Gasteiger partial charge is 0.453 e. The maximum Gasteiger partial charge on any atom is 0.178 e. The van der Waals surface area contributed by atoms with Crippen LogP contribution in [0, 0.1) is 0 Å². The first-order chi connectivity index (χ1) is 22.5. The molecule has 0 N–H and O–H groups in total. The molecule has 0 aliphatic rings. The molecule has 0 saturated heterocycles. The van der Waals surface area contributed by atoms with Gasteiger partial charge in [0.15, 0.2) is 11.3 Å². The fourth-order valence-electron chi connectivity index (χ4n) is 6.76. The molecule has 0 spiro atoms. The van der Waals surface area contributed by atoms with Crippen LogP contribution in [0.5, 0.6) is 11.5 Å². The Morgan fingerprint density at radius 3 is 2.24 bits per heavy atom. The van der Waals surface area contributed by atoms with E-state index in [9.17, 15) is 0 Å². The molecule has 3 heterocycles. The lowest BCUT2D eigenvalue weighted by Crippen LogP contribution is -2.00. The van der Waals surface area contributed by atoms with E-state index in [1.807, 2.05) is 48.8 Å². The van der Waals surface area contributed by atoms with Crippen LogP contribution in [-0.4, -0.2) is 9.97 Å². The van der Waals surface area contributed by atoms with Crippen molar-refractivity contribution in [2.45, 2.75) is 39.5 Å². The van der Waals surface area contributed by atoms with Gasteiger partial charge in [0.25, 0.3) is 0 Å². The molecule has 0 saturated carbocycles. The quantitative estimate of drug-likeness (QED) is 0.179. The van der Waals surface area contributed by atoms with Crippen molar-refractivity contribution >= 4 is 43.6 Å². The highest BCUT2D eigenvalue weighted by molar-refractivity contribution is 6.24. The lowest BCUT2D eigenvalue weighted by atomic mass is 9.85. The molecule has 0 atom stereocenters. The Balaban J connectivity index is 1.26. The summed E-state index contributed by atoms with van der Waals surface area (Å²) in [7, 11) is 0. The minimum Gasteiger partial charge on any atom is -0.453 e. The van der Waals surface area contributed by atoms with E-state index in [-0.39, 0.29) is 0 Å². The summed E-state index contributed by atoms with van der Waals surface area (Å²) >= 11 is 0. The third-order valence-electron chi connectivity index (χ3n) is 8.96. The molecule has 8 aromatic rings. The normalized spacial score (nSPS) is 11.9. The second kappa shape index (κ2) is 11.1. The van der Waals surface area contributed by atoms with Crippen LogP contribution in [0.25, 0.3) is 66.0 Å². The van der Waals surface area contributed by atoms with Gasteiger partial charge < -0.3 is 9.15 Å². The first-order valence-corrected chi connectivity index (χ1v) is 16.0. The number of fused-ring (bicyclic) bond motifs is 7. The van der Waals surface area contributed by atoms with Gasteiger partial charge >= 0.3 is 0 Å². The molecule has 0 radical (unpaired) electrons. The Kier molecular flexibility index (Phi) is 6.79. The van der Waals surface area contributed by atoms with Gasteiger partial charge in [0, 0.05) is 39.5 Å². The summed E-state index contributed by atoms with van der Waals surface area (Å²) in [6, 6.07) is 37.7.